The van der Waals surface area contributed by atoms with Crippen LogP contribution in [-0.2, 0) is 10.5 Å². The van der Waals surface area contributed by atoms with E-state index in [4.69, 9.17) is 0 Å². The van der Waals surface area contributed by atoms with Gasteiger partial charge in [0.05, 0.1) is 11.5 Å². The lowest BCUT2D eigenvalue weighted by atomic mass is 10.1. The van der Waals surface area contributed by atoms with Crippen molar-refractivity contribution in [2.24, 2.45) is 5.10 Å². The molecule has 1 heterocycles. The molecule has 1 aromatic heterocycles. The van der Waals surface area contributed by atoms with Crippen LogP contribution in [0.5, 0.6) is 0 Å². The molecular formula is C20H19FN4OS3. The lowest BCUT2D eigenvalue weighted by Gasteiger charge is -2.02. The van der Waals surface area contributed by atoms with E-state index in [0.29, 0.717) is 5.71 Å². The summed E-state index contributed by atoms with van der Waals surface area (Å²) >= 11 is 4.43. The molecule has 0 aliphatic carbocycles. The minimum Gasteiger partial charge on any atom is -0.272 e. The molecule has 0 unspecified atom stereocenters. The van der Waals surface area contributed by atoms with Crippen molar-refractivity contribution >= 4 is 46.5 Å². The van der Waals surface area contributed by atoms with E-state index in [-0.39, 0.29) is 17.5 Å². The Morgan fingerprint density at radius 3 is 2.41 bits per heavy atom. The first kappa shape index (κ1) is 21.5. The van der Waals surface area contributed by atoms with Crippen LogP contribution in [0.15, 0.2) is 62.3 Å². The largest absolute Gasteiger partial charge is 0.272 e. The number of rotatable bonds is 8. The molecule has 3 rings (SSSR count). The molecule has 0 fully saturated rings. The zero-order valence-corrected chi connectivity index (χ0v) is 18.3. The van der Waals surface area contributed by atoms with E-state index in [2.05, 4.69) is 51.9 Å². The number of hydrogen-bond acceptors (Lipinski definition) is 7. The number of hydrazone groups is 1. The molecule has 5 nitrogen and oxygen atoms in total. The van der Waals surface area contributed by atoms with Crippen molar-refractivity contribution in [1.82, 2.24) is 15.6 Å². The Balaban J connectivity index is 1.43. The van der Waals surface area contributed by atoms with Crippen LogP contribution in [0, 0.1) is 12.7 Å². The topological polar surface area (TPSA) is 67.2 Å². The molecule has 0 atom stereocenters. The van der Waals surface area contributed by atoms with E-state index in [1.54, 1.807) is 30.8 Å². The monoisotopic (exact) mass is 446 g/mol. The van der Waals surface area contributed by atoms with Crippen LogP contribution in [0.3, 0.4) is 0 Å². The van der Waals surface area contributed by atoms with Gasteiger partial charge in [-0.05, 0) is 37.1 Å². The Kier molecular flexibility index (Phi) is 7.79. The predicted molar refractivity (Wildman–Crippen MR) is 118 cm³/mol. The molecule has 2 aromatic carbocycles. The molecule has 1 amide bonds. The molecule has 0 saturated carbocycles. The van der Waals surface area contributed by atoms with Crippen molar-refractivity contribution in [2.75, 3.05) is 5.75 Å². The van der Waals surface area contributed by atoms with E-state index in [1.807, 2.05) is 0 Å². The van der Waals surface area contributed by atoms with Crippen LogP contribution in [-0.4, -0.2) is 27.6 Å². The average molecular weight is 447 g/mol. The zero-order chi connectivity index (χ0) is 20.6. The van der Waals surface area contributed by atoms with Crippen LogP contribution in [0.1, 0.15) is 23.6 Å². The number of nitrogens with one attached hydrogen (secondary N) is 1. The van der Waals surface area contributed by atoms with Gasteiger partial charge in [0.15, 0.2) is 8.68 Å². The highest BCUT2D eigenvalue weighted by atomic mass is 32.2. The minimum absolute atomic E-state index is 0.192. The van der Waals surface area contributed by atoms with Gasteiger partial charge in [-0.25, -0.2) is 9.82 Å². The summed E-state index contributed by atoms with van der Waals surface area (Å²) in [4.78, 5) is 12.0. The molecule has 150 valence electrons. The molecule has 0 radical (unpaired) electrons. The van der Waals surface area contributed by atoms with Crippen molar-refractivity contribution in [3.05, 3.63) is 71.0 Å². The molecule has 1 N–H and O–H groups in total. The summed E-state index contributed by atoms with van der Waals surface area (Å²) in [5, 5.41) is 12.3. The number of nitrogens with zero attached hydrogens (tertiary/aromatic N) is 3. The zero-order valence-electron chi connectivity index (χ0n) is 15.9. The summed E-state index contributed by atoms with van der Waals surface area (Å²) in [5.41, 5.74) is 6.34. The first-order valence-corrected chi connectivity index (χ1v) is 11.5. The minimum atomic E-state index is -0.310. The second-order valence-corrected chi connectivity index (χ2v) is 9.56. The summed E-state index contributed by atoms with van der Waals surface area (Å²) in [6.45, 7) is 3.82. The second-order valence-electron chi connectivity index (χ2n) is 6.14. The Morgan fingerprint density at radius 1 is 1.07 bits per heavy atom. The number of halogens is 1. The summed E-state index contributed by atoms with van der Waals surface area (Å²) in [6.07, 6.45) is 0. The Hall–Kier alpha value is -2.23. The lowest BCUT2D eigenvalue weighted by molar-refractivity contribution is -0.118. The van der Waals surface area contributed by atoms with Gasteiger partial charge in [-0.2, -0.15) is 5.10 Å². The maximum Gasteiger partial charge on any atom is 0.250 e. The fourth-order valence-corrected chi connectivity index (χ4v) is 4.97. The predicted octanol–water partition coefficient (Wildman–Crippen LogP) is 4.91. The molecule has 3 aromatic rings. The number of hydrogen-bond donors (Lipinski definition) is 1. The highest BCUT2D eigenvalue weighted by Crippen LogP contribution is 2.30. The smallest absolute Gasteiger partial charge is 0.250 e. The van der Waals surface area contributed by atoms with Gasteiger partial charge in [-0.1, -0.05) is 76.8 Å². The second kappa shape index (κ2) is 10.5. The molecule has 0 aliphatic heterocycles. The van der Waals surface area contributed by atoms with Gasteiger partial charge in [-0.3, -0.25) is 4.79 Å². The van der Waals surface area contributed by atoms with E-state index in [9.17, 15) is 9.18 Å². The van der Waals surface area contributed by atoms with Gasteiger partial charge >= 0.3 is 0 Å². The van der Waals surface area contributed by atoms with Crippen molar-refractivity contribution in [2.45, 2.75) is 28.3 Å². The van der Waals surface area contributed by atoms with Crippen LogP contribution < -0.4 is 5.43 Å². The third kappa shape index (κ3) is 6.95. The van der Waals surface area contributed by atoms with Crippen LogP contribution in [0.4, 0.5) is 4.39 Å². The molecule has 0 bridgehead atoms. The summed E-state index contributed by atoms with van der Waals surface area (Å²) in [5.74, 6) is 0.477. The summed E-state index contributed by atoms with van der Waals surface area (Å²) < 4.78 is 14.6. The first-order chi connectivity index (χ1) is 14.0. The maximum atomic E-state index is 13.0. The highest BCUT2D eigenvalue weighted by Gasteiger charge is 2.09. The van der Waals surface area contributed by atoms with Gasteiger partial charge in [0.25, 0.3) is 5.91 Å². The average Bonchev–Trinajstić information content (AvgIpc) is 3.18. The number of thioether (sulfide) groups is 2. The van der Waals surface area contributed by atoms with Crippen LogP contribution in [0.25, 0.3) is 0 Å². The standard InChI is InChI=1S/C20H19FN4OS3/c1-13-3-5-15(6-4-13)11-27-19-24-25-20(29-19)28-12-18(26)23-22-14(2)16-7-9-17(21)10-8-16/h3-10H,11-12H2,1-2H3,(H,23,26)/b22-14-. The Bertz CT molecular complexity index is 988. The molecule has 0 spiro atoms. The number of aromatic nitrogens is 2. The number of benzene rings is 2. The Morgan fingerprint density at radius 2 is 1.72 bits per heavy atom. The molecule has 0 saturated heterocycles. The third-order valence-corrected chi connectivity index (χ3v) is 7.07. The van der Waals surface area contributed by atoms with Gasteiger partial charge < -0.3 is 0 Å². The fraction of sp³-hybridized carbons (Fsp3) is 0.200. The highest BCUT2D eigenvalue weighted by molar-refractivity contribution is 8.03. The van der Waals surface area contributed by atoms with Gasteiger partial charge in [0.2, 0.25) is 0 Å². The van der Waals surface area contributed by atoms with Crippen LogP contribution in [0.2, 0.25) is 0 Å². The first-order valence-electron chi connectivity index (χ1n) is 8.73. The molecule has 0 aliphatic rings. The number of carbonyl (C=O) groups excluding carboxylic acids is 1. The Labute approximate surface area is 181 Å². The van der Waals surface area contributed by atoms with Crippen molar-refractivity contribution < 1.29 is 9.18 Å². The quantitative estimate of drug-likeness (QED) is 0.302. The summed E-state index contributed by atoms with van der Waals surface area (Å²) in [6, 6.07) is 14.4. The number of carbonyl (C=O) groups is 1. The molecular weight excluding hydrogens is 427 g/mol. The molecule has 9 heteroatoms. The van der Waals surface area contributed by atoms with Crippen molar-refractivity contribution in [3.8, 4) is 0 Å². The SMILES string of the molecule is C/C(=N/NC(=O)CSc1nnc(SCc2ccc(C)cc2)s1)c1ccc(F)cc1. The number of amides is 1. The van der Waals surface area contributed by atoms with Gasteiger partial charge in [0, 0.05) is 5.75 Å². The summed E-state index contributed by atoms with van der Waals surface area (Å²) in [7, 11) is 0. The van der Waals surface area contributed by atoms with E-state index >= 15 is 0 Å². The normalized spacial score (nSPS) is 11.5. The van der Waals surface area contributed by atoms with E-state index in [1.165, 1.54) is 46.4 Å². The third-order valence-electron chi connectivity index (χ3n) is 3.81. The van der Waals surface area contributed by atoms with Crippen molar-refractivity contribution in [3.63, 3.8) is 0 Å². The van der Waals surface area contributed by atoms with Gasteiger partial charge in [-0.15, -0.1) is 10.2 Å². The van der Waals surface area contributed by atoms with Crippen LogP contribution >= 0.6 is 34.9 Å². The van der Waals surface area contributed by atoms with Gasteiger partial charge in [0.1, 0.15) is 5.82 Å². The van der Waals surface area contributed by atoms with E-state index < -0.39 is 0 Å². The van der Waals surface area contributed by atoms with Crippen molar-refractivity contribution in [1.29, 1.82) is 0 Å². The maximum absolute atomic E-state index is 13.0. The number of aryl methyl sites for hydroxylation is 1. The van der Waals surface area contributed by atoms with E-state index in [0.717, 1.165) is 20.0 Å². The lowest BCUT2D eigenvalue weighted by Crippen LogP contribution is -2.21. The molecule has 29 heavy (non-hydrogen) atoms. The fourth-order valence-electron chi connectivity index (χ4n) is 2.20.